The summed E-state index contributed by atoms with van der Waals surface area (Å²) in [5, 5.41) is 0. The number of aromatic nitrogens is 4. The number of pyridine rings is 2. The average Bonchev–Trinajstić information content (AvgIpc) is 2.83. The Balaban J connectivity index is 1.63. The molecule has 11 heteroatoms. The fourth-order valence-electron chi connectivity index (χ4n) is 3.46. The highest BCUT2D eigenvalue weighted by molar-refractivity contribution is 7.51. The fourth-order valence-corrected chi connectivity index (χ4v) is 3.95. The first kappa shape index (κ1) is 23.7. The van der Waals surface area contributed by atoms with Crippen LogP contribution >= 0.6 is 7.60 Å². The zero-order valence-electron chi connectivity index (χ0n) is 17.9. The number of hydrogen-bond donors (Lipinski definition) is 2. The van der Waals surface area contributed by atoms with Crippen molar-refractivity contribution in [3.63, 3.8) is 0 Å². The van der Waals surface area contributed by atoms with Crippen LogP contribution in [0.15, 0.2) is 61.3 Å². The number of carbonyl (C=O) groups excluding carboxylic acids is 1. The number of carbonyl (C=O) groups is 1. The topological polar surface area (TPSA) is 108 Å². The van der Waals surface area contributed by atoms with E-state index in [-0.39, 0.29) is 29.3 Å². The Morgan fingerprint density at radius 1 is 0.941 bits per heavy atom. The first-order valence-electron chi connectivity index (χ1n) is 10.4. The van der Waals surface area contributed by atoms with Crippen molar-refractivity contribution in [1.82, 2.24) is 9.97 Å². The molecule has 0 aliphatic heterocycles. The van der Waals surface area contributed by atoms with Crippen molar-refractivity contribution in [3.05, 3.63) is 73.0 Å². The molecule has 0 amide bonds. The van der Waals surface area contributed by atoms with Crippen molar-refractivity contribution in [2.75, 3.05) is 6.16 Å². The largest absolute Gasteiger partial charge is 0.331 e. The van der Waals surface area contributed by atoms with Crippen LogP contribution in [0.1, 0.15) is 6.42 Å². The summed E-state index contributed by atoms with van der Waals surface area (Å²) < 4.78 is 44.6. The maximum Gasteiger partial charge on any atom is 0.331 e. The molecule has 4 aromatic rings. The van der Waals surface area contributed by atoms with Gasteiger partial charge in [-0.05, 0) is 11.6 Å². The maximum atomic E-state index is 15.2. The van der Waals surface area contributed by atoms with Gasteiger partial charge in [0.2, 0.25) is 0 Å². The molecule has 2 N–H and O–H groups in total. The van der Waals surface area contributed by atoms with E-state index in [9.17, 15) is 13.8 Å². The minimum Gasteiger partial charge on any atom is -0.324 e. The Morgan fingerprint density at radius 3 is 2.18 bits per heavy atom. The molecule has 174 valence electrons. The molecule has 0 unspecified atom stereocenters. The highest BCUT2D eigenvalue weighted by Crippen LogP contribution is 2.33. The Hall–Kier alpha value is -3.46. The van der Waals surface area contributed by atoms with Crippen molar-refractivity contribution in [3.8, 4) is 22.4 Å². The third-order valence-electron chi connectivity index (χ3n) is 5.26. The normalized spacial score (nSPS) is 11.6. The summed E-state index contributed by atoms with van der Waals surface area (Å²) in [5.74, 6) is -1.41. The van der Waals surface area contributed by atoms with Gasteiger partial charge in [-0.15, -0.1) is 0 Å². The van der Waals surface area contributed by atoms with Crippen LogP contribution in [0.5, 0.6) is 0 Å². The lowest BCUT2D eigenvalue weighted by molar-refractivity contribution is -0.695. The van der Waals surface area contributed by atoms with Gasteiger partial charge in [-0.2, -0.15) is 0 Å². The zero-order chi connectivity index (χ0) is 24.3. The molecule has 8 nitrogen and oxygen atoms in total. The molecule has 0 fully saturated rings. The average molecular weight is 486 g/mol. The molecule has 0 atom stereocenters. The van der Waals surface area contributed by atoms with E-state index in [1.54, 1.807) is 58.2 Å². The molecule has 1 aromatic carbocycles. The number of aldehydes is 1. The Kier molecular flexibility index (Phi) is 6.83. The molecule has 0 aliphatic rings. The molecule has 34 heavy (non-hydrogen) atoms. The van der Waals surface area contributed by atoms with Crippen molar-refractivity contribution in [1.29, 1.82) is 0 Å². The lowest BCUT2D eigenvalue weighted by Crippen LogP contribution is -2.34. The molecular formula is C23H21F2N4O4P+2. The number of aryl methyl sites for hydroxylation is 2. The van der Waals surface area contributed by atoms with Gasteiger partial charge < -0.3 is 14.6 Å². The fraction of sp³-hybridized carbons (Fsp3) is 0.174. The van der Waals surface area contributed by atoms with Gasteiger partial charge in [0, 0.05) is 35.4 Å². The quantitative estimate of drug-likeness (QED) is 0.225. The van der Waals surface area contributed by atoms with Crippen molar-refractivity contribution in [2.45, 2.75) is 19.5 Å². The van der Waals surface area contributed by atoms with Crippen LogP contribution < -0.4 is 9.13 Å². The summed E-state index contributed by atoms with van der Waals surface area (Å²) in [6.07, 6.45) is 8.85. The van der Waals surface area contributed by atoms with Crippen LogP contribution in [0.3, 0.4) is 0 Å². The van der Waals surface area contributed by atoms with E-state index >= 15 is 4.39 Å². The van der Waals surface area contributed by atoms with Crippen LogP contribution in [-0.4, -0.2) is 32.2 Å². The SMILES string of the molecule is O=CCC[n+]1ccc(-c2cc(F)c3nc(-c4cc[n+](CCP(=O)(O)O)cc4)cnc3c2F)cc1. The Bertz CT molecular complexity index is 1390. The van der Waals surface area contributed by atoms with E-state index in [0.29, 0.717) is 29.8 Å². The van der Waals surface area contributed by atoms with Gasteiger partial charge in [0.1, 0.15) is 23.5 Å². The zero-order valence-corrected chi connectivity index (χ0v) is 18.8. The van der Waals surface area contributed by atoms with E-state index in [0.717, 1.165) is 12.4 Å². The van der Waals surface area contributed by atoms with Crippen LogP contribution in [0.2, 0.25) is 0 Å². The maximum absolute atomic E-state index is 15.2. The molecule has 0 bridgehead atoms. The van der Waals surface area contributed by atoms with E-state index in [4.69, 9.17) is 9.79 Å². The number of nitrogens with zero attached hydrogens (tertiary/aromatic N) is 4. The lowest BCUT2D eigenvalue weighted by atomic mass is 10.0. The number of rotatable bonds is 8. The third-order valence-corrected chi connectivity index (χ3v) is 6.04. The molecule has 0 saturated carbocycles. The van der Waals surface area contributed by atoms with E-state index in [1.165, 1.54) is 6.20 Å². The first-order valence-corrected chi connectivity index (χ1v) is 12.2. The molecule has 0 radical (unpaired) electrons. The van der Waals surface area contributed by atoms with Gasteiger partial charge in [0.15, 0.2) is 49.5 Å². The van der Waals surface area contributed by atoms with Crippen LogP contribution in [0, 0.1) is 11.6 Å². The Labute approximate surface area is 193 Å². The van der Waals surface area contributed by atoms with Gasteiger partial charge >= 0.3 is 7.60 Å². The second-order valence-electron chi connectivity index (χ2n) is 7.67. The molecule has 0 aliphatic carbocycles. The number of halogens is 2. The minimum atomic E-state index is -4.11. The smallest absolute Gasteiger partial charge is 0.324 e. The summed E-state index contributed by atoms with van der Waals surface area (Å²) >= 11 is 0. The number of fused-ring (bicyclic) bond motifs is 1. The van der Waals surface area contributed by atoms with Gasteiger partial charge in [0.05, 0.1) is 18.3 Å². The molecule has 3 aromatic heterocycles. The van der Waals surface area contributed by atoms with E-state index in [1.807, 2.05) is 0 Å². The highest BCUT2D eigenvalue weighted by atomic mass is 31.2. The predicted octanol–water partition coefficient (Wildman–Crippen LogP) is 2.58. The molecule has 4 rings (SSSR count). The van der Waals surface area contributed by atoms with E-state index < -0.39 is 19.2 Å². The second kappa shape index (κ2) is 9.80. The standard InChI is InChI=1S/C23H19F2N4O4P/c24-19-14-18(16-2-7-28(8-3-16)6-1-12-30)21(25)23-22(19)27-20(15-26-23)17-4-9-29(10-5-17)11-13-34(31,32)33/h2-5,7-10,12,14-15H,1,6,11,13H2/p+2. The Morgan fingerprint density at radius 2 is 1.56 bits per heavy atom. The van der Waals surface area contributed by atoms with Crippen LogP contribution in [-0.2, 0) is 22.4 Å². The number of hydrogen-bond acceptors (Lipinski definition) is 4. The first-order chi connectivity index (χ1) is 16.2. The monoisotopic (exact) mass is 486 g/mol. The summed E-state index contributed by atoms with van der Waals surface area (Å²) in [6, 6.07) is 7.68. The van der Waals surface area contributed by atoms with Gasteiger partial charge in [0.25, 0.3) is 0 Å². The van der Waals surface area contributed by atoms with Crippen LogP contribution in [0.4, 0.5) is 8.78 Å². The highest BCUT2D eigenvalue weighted by Gasteiger charge is 2.19. The van der Waals surface area contributed by atoms with Gasteiger partial charge in [-0.1, -0.05) is 0 Å². The predicted molar refractivity (Wildman–Crippen MR) is 118 cm³/mol. The van der Waals surface area contributed by atoms with E-state index in [2.05, 4.69) is 9.97 Å². The summed E-state index contributed by atoms with van der Waals surface area (Å²) in [7, 11) is -4.11. The van der Waals surface area contributed by atoms with Crippen molar-refractivity contribution in [2.24, 2.45) is 0 Å². The molecule has 0 spiro atoms. The molecular weight excluding hydrogens is 465 g/mol. The van der Waals surface area contributed by atoms with Crippen molar-refractivity contribution < 1.29 is 37.1 Å². The minimum absolute atomic E-state index is 0.0559. The number of benzene rings is 1. The third kappa shape index (κ3) is 5.36. The second-order valence-corrected chi connectivity index (χ2v) is 9.44. The van der Waals surface area contributed by atoms with Crippen LogP contribution in [0.25, 0.3) is 33.4 Å². The summed E-state index contributed by atoms with van der Waals surface area (Å²) in [5.41, 5.74) is 1.05. The molecule has 3 heterocycles. The summed E-state index contributed by atoms with van der Waals surface area (Å²) in [4.78, 5) is 36.9. The lowest BCUT2D eigenvalue weighted by Gasteiger charge is -2.08. The molecule has 0 saturated heterocycles. The van der Waals surface area contributed by atoms with Gasteiger partial charge in [-0.25, -0.2) is 27.9 Å². The van der Waals surface area contributed by atoms with Crippen molar-refractivity contribution >= 4 is 24.9 Å². The summed E-state index contributed by atoms with van der Waals surface area (Å²) in [6.45, 7) is 0.628. The van der Waals surface area contributed by atoms with Gasteiger partial charge in [-0.3, -0.25) is 4.57 Å².